The van der Waals surface area contributed by atoms with Gasteiger partial charge in [-0.2, -0.15) is 0 Å². The Hall–Kier alpha value is -3.49. The minimum Gasteiger partial charge on any atom is -0.483 e. The highest BCUT2D eigenvalue weighted by Crippen LogP contribution is 2.34. The van der Waals surface area contributed by atoms with Gasteiger partial charge in [0.25, 0.3) is 0 Å². The highest BCUT2D eigenvalue weighted by molar-refractivity contribution is 5.66. The Kier molecular flexibility index (Phi) is 7.72. The molecule has 1 saturated heterocycles. The normalized spacial score (nSPS) is 16.7. The number of ether oxygens (including phenoxy) is 3. The van der Waals surface area contributed by atoms with Crippen molar-refractivity contribution in [3.63, 3.8) is 0 Å². The number of rotatable bonds is 9. The second kappa shape index (κ2) is 11.1. The van der Waals surface area contributed by atoms with Crippen molar-refractivity contribution >= 4 is 5.97 Å². The fourth-order valence-electron chi connectivity index (χ4n) is 3.91. The predicted octanol–water partition coefficient (Wildman–Crippen LogP) is 4.28. The lowest BCUT2D eigenvalue weighted by Gasteiger charge is -2.30. The molecule has 2 aromatic carbocycles. The molecule has 2 atom stereocenters. The smallest absolute Gasteiger partial charge is 0.323 e. The van der Waals surface area contributed by atoms with Crippen LogP contribution in [0, 0.1) is 5.82 Å². The Balaban J connectivity index is 1.80. The quantitative estimate of drug-likeness (QED) is 0.505. The molecule has 1 N–H and O–H groups in total. The van der Waals surface area contributed by atoms with E-state index in [4.69, 9.17) is 14.2 Å². The molecule has 0 radical (unpaired) electrons. The van der Waals surface area contributed by atoms with Gasteiger partial charge in [-0.1, -0.05) is 42.5 Å². The van der Waals surface area contributed by atoms with Gasteiger partial charge in [0.05, 0.1) is 5.69 Å². The molecule has 0 amide bonds. The first-order chi connectivity index (χ1) is 16.5. The maximum absolute atomic E-state index is 13.7. The van der Waals surface area contributed by atoms with Crippen LogP contribution in [0.15, 0.2) is 71.7 Å². The first kappa shape index (κ1) is 23.7. The summed E-state index contributed by atoms with van der Waals surface area (Å²) in [5, 5.41) is 9.51. The van der Waals surface area contributed by atoms with E-state index in [2.05, 4.69) is 0 Å². The summed E-state index contributed by atoms with van der Waals surface area (Å²) in [6, 6.07) is 16.3. The standard InChI is InChI=1S/C26H26FNO6/c27-20-11-9-19(10-12-20)25(34-23-8-4-5-15-32-23)24-26(33-17-18-6-2-1-3-7-18)21(29)13-14-28(24)16-22(30)31/h1-3,6-7,9-14,23,25H,4-5,8,15-17H2,(H,30,31). The molecule has 0 spiro atoms. The van der Waals surface area contributed by atoms with E-state index in [0.717, 1.165) is 18.4 Å². The molecule has 7 nitrogen and oxygen atoms in total. The van der Waals surface area contributed by atoms with Crippen molar-refractivity contribution in [1.29, 1.82) is 0 Å². The van der Waals surface area contributed by atoms with Crippen LogP contribution in [0.3, 0.4) is 0 Å². The number of hydrogen-bond acceptors (Lipinski definition) is 5. The molecular weight excluding hydrogens is 441 g/mol. The van der Waals surface area contributed by atoms with E-state index < -0.39 is 36.2 Å². The van der Waals surface area contributed by atoms with Crippen LogP contribution in [0.2, 0.25) is 0 Å². The van der Waals surface area contributed by atoms with Gasteiger partial charge in [-0.3, -0.25) is 9.59 Å². The van der Waals surface area contributed by atoms with E-state index in [9.17, 15) is 19.1 Å². The third-order valence-corrected chi connectivity index (χ3v) is 5.55. The van der Waals surface area contributed by atoms with Crippen LogP contribution in [0.25, 0.3) is 0 Å². The van der Waals surface area contributed by atoms with Crippen LogP contribution in [-0.4, -0.2) is 28.5 Å². The second-order valence-corrected chi connectivity index (χ2v) is 8.05. The average molecular weight is 467 g/mol. The lowest BCUT2D eigenvalue weighted by Crippen LogP contribution is -2.29. The maximum Gasteiger partial charge on any atom is 0.323 e. The summed E-state index contributed by atoms with van der Waals surface area (Å²) < 4.78 is 33.1. The van der Waals surface area contributed by atoms with E-state index >= 15 is 0 Å². The zero-order valence-electron chi connectivity index (χ0n) is 18.6. The summed E-state index contributed by atoms with van der Waals surface area (Å²) in [6.45, 7) is 0.231. The van der Waals surface area contributed by atoms with Gasteiger partial charge < -0.3 is 23.9 Å². The lowest BCUT2D eigenvalue weighted by molar-refractivity contribution is -0.183. The van der Waals surface area contributed by atoms with Crippen LogP contribution < -0.4 is 10.2 Å². The highest BCUT2D eigenvalue weighted by Gasteiger charge is 2.29. The van der Waals surface area contributed by atoms with Gasteiger partial charge >= 0.3 is 5.97 Å². The highest BCUT2D eigenvalue weighted by atomic mass is 19.1. The molecule has 178 valence electrons. The van der Waals surface area contributed by atoms with Crippen molar-refractivity contribution in [3.8, 4) is 5.75 Å². The SMILES string of the molecule is O=C(O)Cn1ccc(=O)c(OCc2ccccc2)c1C(OC1CCCCO1)c1ccc(F)cc1. The number of aromatic nitrogens is 1. The van der Waals surface area contributed by atoms with Gasteiger partial charge in [-0.05, 0) is 42.5 Å². The third-order valence-electron chi connectivity index (χ3n) is 5.55. The molecule has 2 heterocycles. The predicted molar refractivity (Wildman–Crippen MR) is 122 cm³/mol. The molecule has 2 unspecified atom stereocenters. The first-order valence-corrected chi connectivity index (χ1v) is 11.2. The Morgan fingerprint density at radius 2 is 1.88 bits per heavy atom. The largest absolute Gasteiger partial charge is 0.483 e. The fourth-order valence-corrected chi connectivity index (χ4v) is 3.91. The molecule has 1 aliphatic rings. The molecule has 1 fully saturated rings. The van der Waals surface area contributed by atoms with Gasteiger partial charge in [0.15, 0.2) is 12.0 Å². The number of nitrogens with zero attached hydrogens (tertiary/aromatic N) is 1. The Morgan fingerprint density at radius 1 is 1.12 bits per heavy atom. The number of benzene rings is 2. The van der Waals surface area contributed by atoms with E-state index in [1.807, 2.05) is 30.3 Å². The lowest BCUT2D eigenvalue weighted by atomic mass is 10.0. The van der Waals surface area contributed by atoms with E-state index in [1.165, 1.54) is 29.0 Å². The fraction of sp³-hybridized carbons (Fsp3) is 0.308. The van der Waals surface area contributed by atoms with Crippen molar-refractivity contribution in [2.24, 2.45) is 0 Å². The summed E-state index contributed by atoms with van der Waals surface area (Å²) in [5.41, 5.74) is 1.22. The summed E-state index contributed by atoms with van der Waals surface area (Å²) >= 11 is 0. The summed E-state index contributed by atoms with van der Waals surface area (Å²) in [4.78, 5) is 24.6. The van der Waals surface area contributed by atoms with E-state index in [0.29, 0.717) is 18.6 Å². The molecule has 1 aromatic heterocycles. The molecule has 3 aromatic rings. The van der Waals surface area contributed by atoms with Gasteiger partial charge in [0.1, 0.15) is 25.1 Å². The molecule has 4 rings (SSSR count). The molecule has 0 bridgehead atoms. The van der Waals surface area contributed by atoms with Crippen molar-refractivity contribution < 1.29 is 28.5 Å². The first-order valence-electron chi connectivity index (χ1n) is 11.2. The Labute approximate surface area is 196 Å². The number of carboxylic acid groups (broad SMARTS) is 1. The number of hydrogen-bond donors (Lipinski definition) is 1. The van der Waals surface area contributed by atoms with Gasteiger partial charge in [-0.15, -0.1) is 0 Å². The number of aliphatic carboxylic acids is 1. The molecular formula is C26H26FNO6. The topological polar surface area (TPSA) is 87.0 Å². The van der Waals surface area contributed by atoms with Crippen molar-refractivity contribution in [2.45, 2.75) is 44.8 Å². The molecule has 0 saturated carbocycles. The van der Waals surface area contributed by atoms with Crippen LogP contribution in [-0.2, 0) is 27.4 Å². The van der Waals surface area contributed by atoms with E-state index in [1.54, 1.807) is 12.1 Å². The molecule has 34 heavy (non-hydrogen) atoms. The minimum atomic E-state index is -1.09. The number of carboxylic acids is 1. The zero-order chi connectivity index (χ0) is 23.9. The Bertz CT molecular complexity index is 1160. The van der Waals surface area contributed by atoms with Gasteiger partial charge in [0, 0.05) is 18.9 Å². The molecule has 0 aliphatic carbocycles. The van der Waals surface area contributed by atoms with Crippen LogP contribution in [0.4, 0.5) is 4.39 Å². The van der Waals surface area contributed by atoms with E-state index in [-0.39, 0.29) is 18.1 Å². The number of halogens is 1. The summed E-state index contributed by atoms with van der Waals surface area (Å²) in [5.74, 6) is -1.53. The number of carbonyl (C=O) groups is 1. The second-order valence-electron chi connectivity index (χ2n) is 8.05. The van der Waals surface area contributed by atoms with Crippen molar-refractivity contribution in [3.05, 3.63) is 99.7 Å². The third kappa shape index (κ3) is 5.89. The molecule has 8 heteroatoms. The minimum absolute atomic E-state index is 0.0160. The van der Waals surface area contributed by atoms with Gasteiger partial charge in [0.2, 0.25) is 5.43 Å². The molecule has 1 aliphatic heterocycles. The average Bonchev–Trinajstić information content (AvgIpc) is 2.84. The van der Waals surface area contributed by atoms with Crippen molar-refractivity contribution in [1.82, 2.24) is 4.57 Å². The maximum atomic E-state index is 13.7. The summed E-state index contributed by atoms with van der Waals surface area (Å²) in [6.07, 6.45) is 2.41. The Morgan fingerprint density at radius 3 is 2.56 bits per heavy atom. The van der Waals surface area contributed by atoms with Crippen molar-refractivity contribution in [2.75, 3.05) is 6.61 Å². The summed E-state index contributed by atoms with van der Waals surface area (Å²) in [7, 11) is 0. The monoisotopic (exact) mass is 467 g/mol. The van der Waals surface area contributed by atoms with Crippen LogP contribution >= 0.6 is 0 Å². The van der Waals surface area contributed by atoms with Crippen LogP contribution in [0.5, 0.6) is 5.75 Å². The van der Waals surface area contributed by atoms with Crippen LogP contribution in [0.1, 0.15) is 42.2 Å². The van der Waals surface area contributed by atoms with Gasteiger partial charge in [-0.25, -0.2) is 4.39 Å². The zero-order valence-corrected chi connectivity index (χ0v) is 18.6. The number of pyridine rings is 1.